The Bertz CT molecular complexity index is 664. The summed E-state index contributed by atoms with van der Waals surface area (Å²) in [5.74, 6) is 1.89. The first kappa shape index (κ1) is 22.6. The number of rotatable bonds is 5. The van der Waals surface area contributed by atoms with Gasteiger partial charge in [0, 0.05) is 30.1 Å². The molecule has 1 aromatic rings. The highest BCUT2D eigenvalue weighted by molar-refractivity contribution is 14.0. The van der Waals surface area contributed by atoms with Crippen LogP contribution in [-0.2, 0) is 9.84 Å². The minimum atomic E-state index is -3.28. The average Bonchev–Trinajstić information content (AvgIpc) is 2.54. The lowest BCUT2D eigenvalue weighted by molar-refractivity contribution is 0.376. The third-order valence-electron chi connectivity index (χ3n) is 3.78. The second-order valence-corrected chi connectivity index (χ2v) is 10.3. The highest BCUT2D eigenvalue weighted by atomic mass is 127. The minimum Gasteiger partial charge on any atom is -0.357 e. The summed E-state index contributed by atoms with van der Waals surface area (Å²) in [6, 6.07) is 8.57. The Balaban J connectivity index is 0.00000312. The number of hydrogen-bond donors (Lipinski definition) is 1. The van der Waals surface area contributed by atoms with Crippen molar-refractivity contribution >= 4 is 51.5 Å². The highest BCUT2D eigenvalue weighted by Crippen LogP contribution is 2.29. The molecule has 0 aromatic heterocycles. The monoisotopic (exact) mass is 497 g/mol. The number of guanidine groups is 1. The number of aliphatic imine (C=N–C) groups is 1. The van der Waals surface area contributed by atoms with Crippen LogP contribution < -0.4 is 5.32 Å². The molecule has 0 radical (unpaired) electrons. The number of nitrogens with one attached hydrogen (secondary N) is 1. The number of nitrogens with zero attached hydrogens (tertiary/aromatic N) is 2. The SMILES string of the molecule is CCNC(=NCCS(=O)(=O)c1ccccc1)N1CCSC(C)(C)C1.I. The standard InChI is InChI=1S/C17H27N3O2S2.HI/c1-4-18-16(20-11-12-23-17(2,3)14-20)19-10-13-24(21,22)15-8-6-5-7-9-15;/h5-9H,4,10-14H2,1-3H3,(H,18,19);1H. The Morgan fingerprint density at radius 2 is 2.00 bits per heavy atom. The van der Waals surface area contributed by atoms with Crippen molar-refractivity contribution < 1.29 is 8.42 Å². The maximum Gasteiger partial charge on any atom is 0.194 e. The van der Waals surface area contributed by atoms with Crippen molar-refractivity contribution in [1.82, 2.24) is 10.2 Å². The summed E-state index contributed by atoms with van der Waals surface area (Å²) >= 11 is 1.96. The molecule has 1 fully saturated rings. The molecule has 1 aliphatic heterocycles. The van der Waals surface area contributed by atoms with E-state index in [1.54, 1.807) is 24.3 Å². The van der Waals surface area contributed by atoms with Gasteiger partial charge in [0.25, 0.3) is 0 Å². The van der Waals surface area contributed by atoms with E-state index in [4.69, 9.17) is 0 Å². The van der Waals surface area contributed by atoms with Crippen molar-refractivity contribution in [3.05, 3.63) is 30.3 Å². The topological polar surface area (TPSA) is 61.8 Å². The predicted octanol–water partition coefficient (Wildman–Crippen LogP) is 2.87. The van der Waals surface area contributed by atoms with Crippen molar-refractivity contribution in [2.45, 2.75) is 30.4 Å². The molecule has 1 aliphatic rings. The van der Waals surface area contributed by atoms with Crippen LogP contribution in [0.3, 0.4) is 0 Å². The van der Waals surface area contributed by atoms with E-state index in [9.17, 15) is 8.42 Å². The van der Waals surface area contributed by atoms with E-state index in [2.05, 4.69) is 29.1 Å². The van der Waals surface area contributed by atoms with Crippen molar-refractivity contribution in [3.8, 4) is 0 Å². The second-order valence-electron chi connectivity index (χ2n) is 6.40. The maximum absolute atomic E-state index is 12.3. The van der Waals surface area contributed by atoms with Crippen molar-refractivity contribution in [3.63, 3.8) is 0 Å². The van der Waals surface area contributed by atoms with Gasteiger partial charge in [-0.2, -0.15) is 11.8 Å². The Hall–Kier alpha value is -0.480. The van der Waals surface area contributed by atoms with Crippen LogP contribution in [0.15, 0.2) is 40.2 Å². The molecular formula is C17H28IN3O2S2. The van der Waals surface area contributed by atoms with E-state index in [-0.39, 0.29) is 41.0 Å². The zero-order chi connectivity index (χ0) is 17.6. The van der Waals surface area contributed by atoms with Gasteiger partial charge in [0.1, 0.15) is 0 Å². The van der Waals surface area contributed by atoms with Crippen molar-refractivity contribution in [2.24, 2.45) is 4.99 Å². The second kappa shape index (κ2) is 10.0. The van der Waals surface area contributed by atoms with Crippen LogP contribution in [0.2, 0.25) is 0 Å². The molecule has 5 nitrogen and oxygen atoms in total. The first-order valence-electron chi connectivity index (χ1n) is 8.29. The van der Waals surface area contributed by atoms with Crippen LogP contribution in [0.1, 0.15) is 20.8 Å². The fourth-order valence-corrected chi connectivity index (χ4v) is 4.89. The molecule has 0 atom stereocenters. The summed E-state index contributed by atoms with van der Waals surface area (Å²) in [6.45, 7) is 9.37. The molecule has 8 heteroatoms. The highest BCUT2D eigenvalue weighted by Gasteiger charge is 2.28. The van der Waals surface area contributed by atoms with Crippen LogP contribution in [0.4, 0.5) is 0 Å². The summed E-state index contributed by atoms with van der Waals surface area (Å²) in [5.41, 5.74) is 0. The largest absolute Gasteiger partial charge is 0.357 e. The van der Waals surface area contributed by atoms with Gasteiger partial charge in [-0.3, -0.25) is 4.99 Å². The first-order valence-corrected chi connectivity index (χ1v) is 10.9. The normalized spacial score (nSPS) is 17.7. The van der Waals surface area contributed by atoms with Gasteiger partial charge in [0.05, 0.1) is 17.2 Å². The van der Waals surface area contributed by atoms with E-state index in [0.29, 0.717) is 4.90 Å². The maximum atomic E-state index is 12.3. The predicted molar refractivity (Wildman–Crippen MR) is 118 cm³/mol. The molecule has 0 aliphatic carbocycles. The van der Waals surface area contributed by atoms with Crippen LogP contribution >= 0.6 is 35.7 Å². The fourth-order valence-electron chi connectivity index (χ4n) is 2.64. The summed E-state index contributed by atoms with van der Waals surface area (Å²) in [7, 11) is -3.28. The van der Waals surface area contributed by atoms with Gasteiger partial charge < -0.3 is 10.2 Å². The van der Waals surface area contributed by atoms with E-state index >= 15 is 0 Å². The Labute approximate surface area is 173 Å². The van der Waals surface area contributed by atoms with Crippen LogP contribution in [0.5, 0.6) is 0 Å². The lowest BCUT2D eigenvalue weighted by Crippen LogP contribution is -2.51. The fraction of sp³-hybridized carbons (Fsp3) is 0.588. The Morgan fingerprint density at radius 1 is 1.32 bits per heavy atom. The molecule has 0 amide bonds. The average molecular weight is 497 g/mol. The molecule has 1 saturated heterocycles. The van der Waals surface area contributed by atoms with Crippen LogP contribution in [0, 0.1) is 0 Å². The lowest BCUT2D eigenvalue weighted by atomic mass is 10.2. The molecule has 142 valence electrons. The smallest absolute Gasteiger partial charge is 0.194 e. The molecular weight excluding hydrogens is 469 g/mol. The Morgan fingerprint density at radius 3 is 2.60 bits per heavy atom. The molecule has 2 rings (SSSR count). The minimum absolute atomic E-state index is 0. The van der Waals surface area contributed by atoms with Gasteiger partial charge in [0.15, 0.2) is 15.8 Å². The van der Waals surface area contributed by atoms with Gasteiger partial charge in [-0.25, -0.2) is 8.42 Å². The van der Waals surface area contributed by atoms with Crippen molar-refractivity contribution in [2.75, 3.05) is 37.7 Å². The van der Waals surface area contributed by atoms with E-state index < -0.39 is 9.84 Å². The first-order chi connectivity index (χ1) is 11.3. The lowest BCUT2D eigenvalue weighted by Gasteiger charge is -2.39. The molecule has 1 aromatic carbocycles. The third-order valence-corrected chi connectivity index (χ3v) is 6.79. The Kier molecular flexibility index (Phi) is 9.03. The van der Waals surface area contributed by atoms with Crippen molar-refractivity contribution in [1.29, 1.82) is 0 Å². The molecule has 0 unspecified atom stereocenters. The van der Waals surface area contributed by atoms with Gasteiger partial charge in [-0.1, -0.05) is 18.2 Å². The molecule has 25 heavy (non-hydrogen) atoms. The summed E-state index contributed by atoms with van der Waals surface area (Å²) in [5, 5.41) is 3.29. The zero-order valence-corrected chi connectivity index (χ0v) is 19.0. The molecule has 1 N–H and O–H groups in total. The third kappa shape index (κ3) is 6.97. The van der Waals surface area contributed by atoms with E-state index in [0.717, 1.165) is 31.3 Å². The summed E-state index contributed by atoms with van der Waals surface area (Å²) in [6.07, 6.45) is 0. The van der Waals surface area contributed by atoms with E-state index in [1.165, 1.54) is 0 Å². The van der Waals surface area contributed by atoms with Gasteiger partial charge >= 0.3 is 0 Å². The number of sulfone groups is 1. The molecule has 0 saturated carbocycles. The number of halogens is 1. The molecule has 0 spiro atoms. The number of thioether (sulfide) groups is 1. The number of benzene rings is 1. The quantitative estimate of drug-likeness (QED) is 0.385. The van der Waals surface area contributed by atoms with Gasteiger partial charge in [-0.05, 0) is 32.9 Å². The molecule has 0 bridgehead atoms. The van der Waals surface area contributed by atoms with Crippen LogP contribution in [-0.4, -0.2) is 61.7 Å². The summed E-state index contributed by atoms with van der Waals surface area (Å²) in [4.78, 5) is 7.15. The zero-order valence-electron chi connectivity index (χ0n) is 15.1. The molecule has 1 heterocycles. The van der Waals surface area contributed by atoms with Gasteiger partial charge in [0.2, 0.25) is 0 Å². The van der Waals surface area contributed by atoms with Gasteiger partial charge in [-0.15, -0.1) is 24.0 Å². The summed E-state index contributed by atoms with van der Waals surface area (Å²) < 4.78 is 24.9. The van der Waals surface area contributed by atoms with Crippen LogP contribution in [0.25, 0.3) is 0 Å². The van der Waals surface area contributed by atoms with E-state index in [1.807, 2.05) is 24.8 Å². The number of hydrogen-bond acceptors (Lipinski definition) is 4.